The number of halogens is 1. The van der Waals surface area contributed by atoms with Gasteiger partial charge in [-0.2, -0.15) is 0 Å². The van der Waals surface area contributed by atoms with E-state index < -0.39 is 0 Å². The lowest BCUT2D eigenvalue weighted by atomic mass is 9.89. The number of nitrogens with zero attached hydrogens (tertiary/aromatic N) is 1. The summed E-state index contributed by atoms with van der Waals surface area (Å²) in [6.45, 7) is 2.52. The number of hydrogen-bond donors (Lipinski definition) is 2. The molecule has 0 saturated carbocycles. The van der Waals surface area contributed by atoms with Gasteiger partial charge in [0.1, 0.15) is 11.5 Å². The Kier molecular flexibility index (Phi) is 4.55. The Morgan fingerprint density at radius 1 is 0.955 bits per heavy atom. The topological polar surface area (TPSA) is 43.7 Å². The van der Waals surface area contributed by atoms with Gasteiger partial charge < -0.3 is 10.2 Å². The minimum atomic E-state index is 0.0578. The lowest BCUT2D eigenvalue weighted by molar-refractivity contribution is 0.318. The van der Waals surface area contributed by atoms with Crippen molar-refractivity contribution in [2.45, 2.75) is 12.5 Å². The van der Waals surface area contributed by atoms with E-state index in [1.807, 2.05) is 18.2 Å². The Bertz CT molecular complexity index is 612. The maximum Gasteiger partial charge on any atom is 0.122 e. The average molecular weight is 318 g/mol. The molecule has 0 aliphatic carbocycles. The molecule has 2 aromatic carbocycles. The van der Waals surface area contributed by atoms with Gasteiger partial charge in [0.05, 0.1) is 0 Å². The number of aromatic hydroxyl groups is 2. The van der Waals surface area contributed by atoms with Gasteiger partial charge in [-0.1, -0.05) is 36.4 Å². The highest BCUT2D eigenvalue weighted by atomic mass is 35.5. The van der Waals surface area contributed by atoms with Crippen molar-refractivity contribution in [3.05, 3.63) is 59.7 Å². The first-order valence-corrected chi connectivity index (χ1v) is 8.05. The molecule has 0 radical (unpaired) electrons. The van der Waals surface area contributed by atoms with Crippen LogP contribution in [0.15, 0.2) is 48.5 Å². The Morgan fingerprint density at radius 3 is 2.27 bits per heavy atom. The van der Waals surface area contributed by atoms with Crippen LogP contribution < -0.4 is 0 Å². The van der Waals surface area contributed by atoms with Crippen LogP contribution in [-0.4, -0.2) is 34.1 Å². The first-order valence-electron chi connectivity index (χ1n) is 7.52. The number of hydrogen-bond acceptors (Lipinski definition) is 3. The molecule has 0 spiro atoms. The van der Waals surface area contributed by atoms with Crippen molar-refractivity contribution in [1.82, 2.24) is 4.90 Å². The van der Waals surface area contributed by atoms with Crippen LogP contribution in [0.1, 0.15) is 17.0 Å². The van der Waals surface area contributed by atoms with Gasteiger partial charge in [-0.3, -0.25) is 4.90 Å². The monoisotopic (exact) mass is 317 g/mol. The largest absolute Gasteiger partial charge is 0.508 e. The predicted octanol–water partition coefficient (Wildman–Crippen LogP) is 3.55. The molecule has 1 aliphatic rings. The summed E-state index contributed by atoms with van der Waals surface area (Å²) in [5, 5.41) is 20.2. The first-order chi connectivity index (χ1) is 10.7. The summed E-state index contributed by atoms with van der Waals surface area (Å²) in [5.74, 6) is 1.11. The standard InChI is InChI=1S/C18H20ClNO2/c19-9-14-11-20(10-13-5-2-1-3-6-13)12-15(14)18-16(21)7-4-8-17(18)22/h1-8,14-15,21-22H,9-12H2/t14-,15-/m1/s1. The molecule has 22 heavy (non-hydrogen) atoms. The minimum Gasteiger partial charge on any atom is -0.508 e. The molecule has 0 unspecified atom stereocenters. The van der Waals surface area contributed by atoms with Crippen LogP contribution in [0.4, 0.5) is 0 Å². The smallest absolute Gasteiger partial charge is 0.122 e. The Balaban J connectivity index is 1.81. The van der Waals surface area contributed by atoms with Gasteiger partial charge >= 0.3 is 0 Å². The molecule has 1 fully saturated rings. The Hall–Kier alpha value is -1.71. The van der Waals surface area contributed by atoms with Gasteiger partial charge in [0.15, 0.2) is 0 Å². The van der Waals surface area contributed by atoms with E-state index in [9.17, 15) is 10.2 Å². The first kappa shape index (κ1) is 15.2. The summed E-state index contributed by atoms with van der Waals surface area (Å²) in [6, 6.07) is 15.2. The Labute approximate surface area is 135 Å². The highest BCUT2D eigenvalue weighted by Crippen LogP contribution is 2.42. The minimum absolute atomic E-state index is 0.0578. The van der Waals surface area contributed by atoms with E-state index in [4.69, 9.17) is 11.6 Å². The third-order valence-corrected chi connectivity index (χ3v) is 4.79. The van der Waals surface area contributed by atoms with Crippen molar-refractivity contribution in [3.63, 3.8) is 0 Å². The quantitative estimate of drug-likeness (QED) is 0.848. The van der Waals surface area contributed by atoms with Gasteiger partial charge in [0.2, 0.25) is 0 Å². The van der Waals surface area contributed by atoms with E-state index in [-0.39, 0.29) is 23.3 Å². The van der Waals surface area contributed by atoms with Crippen molar-refractivity contribution >= 4 is 11.6 Å². The Morgan fingerprint density at radius 2 is 1.64 bits per heavy atom. The maximum atomic E-state index is 10.1. The third-order valence-electron chi connectivity index (χ3n) is 4.39. The third kappa shape index (κ3) is 3.06. The number of rotatable bonds is 4. The van der Waals surface area contributed by atoms with Crippen molar-refractivity contribution in [2.24, 2.45) is 5.92 Å². The van der Waals surface area contributed by atoms with Gasteiger partial charge in [0, 0.05) is 37.0 Å². The lowest BCUT2D eigenvalue weighted by Crippen LogP contribution is -2.20. The maximum absolute atomic E-state index is 10.1. The van der Waals surface area contributed by atoms with Crippen LogP contribution in [0.5, 0.6) is 11.5 Å². The highest BCUT2D eigenvalue weighted by molar-refractivity contribution is 6.18. The zero-order chi connectivity index (χ0) is 15.5. The summed E-state index contributed by atoms with van der Waals surface area (Å²) in [4.78, 5) is 2.33. The van der Waals surface area contributed by atoms with Crippen LogP contribution in [0, 0.1) is 5.92 Å². The van der Waals surface area contributed by atoms with Crippen molar-refractivity contribution in [1.29, 1.82) is 0 Å². The summed E-state index contributed by atoms with van der Waals surface area (Å²) < 4.78 is 0. The fourth-order valence-electron chi connectivity index (χ4n) is 3.34. The van der Waals surface area contributed by atoms with Crippen LogP contribution in [0.25, 0.3) is 0 Å². The average Bonchev–Trinajstić information content (AvgIpc) is 2.91. The van der Waals surface area contributed by atoms with Crippen molar-refractivity contribution in [2.75, 3.05) is 19.0 Å². The van der Waals surface area contributed by atoms with E-state index in [1.54, 1.807) is 18.2 Å². The van der Waals surface area contributed by atoms with E-state index >= 15 is 0 Å². The zero-order valence-corrected chi connectivity index (χ0v) is 13.1. The van der Waals surface area contributed by atoms with E-state index in [0.717, 1.165) is 19.6 Å². The molecule has 2 atom stereocenters. The van der Waals surface area contributed by atoms with Gasteiger partial charge in [-0.25, -0.2) is 0 Å². The molecule has 4 heteroatoms. The second-order valence-electron chi connectivity index (χ2n) is 5.91. The zero-order valence-electron chi connectivity index (χ0n) is 12.3. The lowest BCUT2D eigenvalue weighted by Gasteiger charge is -2.19. The van der Waals surface area contributed by atoms with E-state index in [1.165, 1.54) is 5.56 Å². The molecule has 2 aromatic rings. The number of likely N-dealkylation sites (tertiary alicyclic amines) is 1. The molecule has 0 aromatic heterocycles. The fraction of sp³-hybridized carbons (Fsp3) is 0.333. The molecule has 1 aliphatic heterocycles. The van der Waals surface area contributed by atoms with Crippen molar-refractivity contribution < 1.29 is 10.2 Å². The van der Waals surface area contributed by atoms with E-state index in [2.05, 4.69) is 17.0 Å². The second kappa shape index (κ2) is 6.59. The molecular weight excluding hydrogens is 298 g/mol. The van der Waals surface area contributed by atoms with Crippen LogP contribution in [0.2, 0.25) is 0 Å². The number of phenols is 2. The van der Waals surface area contributed by atoms with Crippen molar-refractivity contribution in [3.8, 4) is 11.5 Å². The second-order valence-corrected chi connectivity index (χ2v) is 6.22. The molecule has 3 nitrogen and oxygen atoms in total. The summed E-state index contributed by atoms with van der Waals surface area (Å²) in [5.41, 5.74) is 1.89. The summed E-state index contributed by atoms with van der Waals surface area (Å²) in [6.07, 6.45) is 0. The fourth-order valence-corrected chi connectivity index (χ4v) is 3.65. The van der Waals surface area contributed by atoms with Crippen LogP contribution in [0.3, 0.4) is 0 Å². The summed E-state index contributed by atoms with van der Waals surface area (Å²) in [7, 11) is 0. The molecule has 1 saturated heterocycles. The van der Waals surface area contributed by atoms with E-state index in [0.29, 0.717) is 11.4 Å². The number of alkyl halides is 1. The number of phenolic OH excluding ortho intramolecular Hbond substituents is 2. The molecule has 1 heterocycles. The molecule has 2 N–H and O–H groups in total. The summed E-state index contributed by atoms with van der Waals surface area (Å²) >= 11 is 6.14. The predicted molar refractivity (Wildman–Crippen MR) is 88.4 cm³/mol. The molecule has 0 bridgehead atoms. The normalized spacial score (nSPS) is 22.0. The van der Waals surface area contributed by atoms with Gasteiger partial charge in [0.25, 0.3) is 0 Å². The molecular formula is C18H20ClNO2. The van der Waals surface area contributed by atoms with Gasteiger partial charge in [-0.05, 0) is 23.6 Å². The number of benzene rings is 2. The van der Waals surface area contributed by atoms with Crippen LogP contribution >= 0.6 is 11.6 Å². The highest BCUT2D eigenvalue weighted by Gasteiger charge is 2.36. The van der Waals surface area contributed by atoms with Gasteiger partial charge in [-0.15, -0.1) is 11.6 Å². The van der Waals surface area contributed by atoms with Crippen LogP contribution in [-0.2, 0) is 6.54 Å². The molecule has 0 amide bonds. The SMILES string of the molecule is Oc1cccc(O)c1[C@@H]1CN(Cc2ccccc2)C[C@H]1CCl. The molecule has 116 valence electrons. The molecule has 3 rings (SSSR count).